The topological polar surface area (TPSA) is 61.4 Å². The van der Waals surface area contributed by atoms with E-state index in [-0.39, 0.29) is 11.8 Å². The number of carbonyl (C=O) groups excluding carboxylic acids is 2. The number of carbonyl (C=O) groups is 2. The van der Waals surface area contributed by atoms with Crippen molar-refractivity contribution in [2.24, 2.45) is 5.41 Å². The number of hydrogen-bond donors (Lipinski definition) is 2. The average molecular weight is 351 g/mol. The SMILES string of the molecule is CC(C)(C(=O)Nc1ccccc1)C(=O)Nc1ccc(N2CCCC2)cc1. The monoisotopic (exact) mass is 351 g/mol. The highest BCUT2D eigenvalue weighted by atomic mass is 16.2. The second-order valence-corrected chi connectivity index (χ2v) is 7.14. The number of rotatable bonds is 5. The van der Waals surface area contributed by atoms with Gasteiger partial charge in [-0.2, -0.15) is 0 Å². The zero-order chi connectivity index (χ0) is 18.6. The molecule has 1 aliphatic rings. The number of benzene rings is 2. The van der Waals surface area contributed by atoms with Gasteiger partial charge in [-0.25, -0.2) is 0 Å². The average Bonchev–Trinajstić information content (AvgIpc) is 3.18. The van der Waals surface area contributed by atoms with E-state index in [0.29, 0.717) is 11.4 Å². The van der Waals surface area contributed by atoms with Crippen LogP contribution >= 0.6 is 0 Å². The highest BCUT2D eigenvalue weighted by Gasteiger charge is 2.36. The van der Waals surface area contributed by atoms with Gasteiger partial charge in [0.15, 0.2) is 0 Å². The van der Waals surface area contributed by atoms with Crippen LogP contribution in [0.3, 0.4) is 0 Å². The van der Waals surface area contributed by atoms with Crippen LogP contribution in [0.25, 0.3) is 0 Å². The van der Waals surface area contributed by atoms with Gasteiger partial charge in [-0.1, -0.05) is 18.2 Å². The van der Waals surface area contributed by atoms with Crippen LogP contribution in [0, 0.1) is 5.41 Å². The van der Waals surface area contributed by atoms with Gasteiger partial charge in [0.05, 0.1) is 0 Å². The minimum absolute atomic E-state index is 0.333. The van der Waals surface area contributed by atoms with Crippen LogP contribution in [0.2, 0.25) is 0 Å². The highest BCUT2D eigenvalue weighted by Crippen LogP contribution is 2.24. The first-order valence-corrected chi connectivity index (χ1v) is 9.00. The molecule has 2 aromatic rings. The Morgan fingerprint density at radius 2 is 1.31 bits per heavy atom. The molecular weight excluding hydrogens is 326 g/mol. The number of para-hydroxylation sites is 1. The van der Waals surface area contributed by atoms with Gasteiger partial charge in [0.2, 0.25) is 11.8 Å². The molecule has 1 fully saturated rings. The third-order valence-electron chi connectivity index (χ3n) is 4.76. The first-order chi connectivity index (χ1) is 12.5. The van der Waals surface area contributed by atoms with Crippen molar-refractivity contribution in [3.05, 3.63) is 54.6 Å². The normalized spacial score (nSPS) is 14.2. The second-order valence-electron chi connectivity index (χ2n) is 7.14. The molecule has 0 bridgehead atoms. The van der Waals surface area contributed by atoms with Gasteiger partial charge in [-0.3, -0.25) is 9.59 Å². The zero-order valence-electron chi connectivity index (χ0n) is 15.3. The van der Waals surface area contributed by atoms with Crippen LogP contribution in [0.1, 0.15) is 26.7 Å². The summed E-state index contributed by atoms with van der Waals surface area (Å²) in [5.74, 6) is -0.672. The van der Waals surface area contributed by atoms with Crippen LogP contribution in [0.15, 0.2) is 54.6 Å². The van der Waals surface area contributed by atoms with Crippen molar-refractivity contribution in [3.8, 4) is 0 Å². The molecule has 0 radical (unpaired) electrons. The number of nitrogens with zero attached hydrogens (tertiary/aromatic N) is 1. The van der Waals surface area contributed by atoms with Crippen LogP contribution in [0.5, 0.6) is 0 Å². The lowest BCUT2D eigenvalue weighted by Crippen LogP contribution is -2.41. The molecule has 0 aliphatic carbocycles. The minimum Gasteiger partial charge on any atom is -0.372 e. The third-order valence-corrected chi connectivity index (χ3v) is 4.76. The van der Waals surface area contributed by atoms with Crippen molar-refractivity contribution in [1.29, 1.82) is 0 Å². The van der Waals surface area contributed by atoms with Gasteiger partial charge in [0.1, 0.15) is 5.41 Å². The minimum atomic E-state index is -1.19. The van der Waals surface area contributed by atoms with Crippen molar-refractivity contribution in [2.45, 2.75) is 26.7 Å². The summed E-state index contributed by atoms with van der Waals surface area (Å²) in [5.41, 5.74) is 1.34. The second kappa shape index (κ2) is 7.60. The number of amides is 2. The Morgan fingerprint density at radius 1 is 0.808 bits per heavy atom. The molecule has 1 heterocycles. The summed E-state index contributed by atoms with van der Waals surface area (Å²) in [4.78, 5) is 27.5. The van der Waals surface area contributed by atoms with Crippen LogP contribution in [-0.4, -0.2) is 24.9 Å². The van der Waals surface area contributed by atoms with E-state index in [1.165, 1.54) is 18.5 Å². The van der Waals surface area contributed by atoms with Crippen molar-refractivity contribution in [3.63, 3.8) is 0 Å². The third kappa shape index (κ3) is 4.04. The summed E-state index contributed by atoms with van der Waals surface area (Å²) < 4.78 is 0. The van der Waals surface area contributed by atoms with E-state index in [0.717, 1.165) is 13.1 Å². The van der Waals surface area contributed by atoms with E-state index in [9.17, 15) is 9.59 Å². The van der Waals surface area contributed by atoms with Crippen molar-refractivity contribution >= 4 is 28.9 Å². The molecule has 1 saturated heterocycles. The van der Waals surface area contributed by atoms with E-state index in [1.54, 1.807) is 26.0 Å². The van der Waals surface area contributed by atoms with Gasteiger partial charge in [-0.05, 0) is 63.1 Å². The number of anilines is 3. The van der Waals surface area contributed by atoms with Gasteiger partial charge in [0, 0.05) is 30.2 Å². The van der Waals surface area contributed by atoms with Crippen molar-refractivity contribution < 1.29 is 9.59 Å². The molecule has 0 spiro atoms. The first-order valence-electron chi connectivity index (χ1n) is 9.00. The Balaban J connectivity index is 1.63. The molecule has 2 amide bonds. The lowest BCUT2D eigenvalue weighted by molar-refractivity contribution is -0.135. The predicted molar refractivity (Wildman–Crippen MR) is 105 cm³/mol. The number of nitrogens with one attached hydrogen (secondary N) is 2. The first kappa shape index (κ1) is 18.0. The number of hydrogen-bond acceptors (Lipinski definition) is 3. The van der Waals surface area contributed by atoms with Crippen LogP contribution < -0.4 is 15.5 Å². The molecule has 0 aromatic heterocycles. The molecule has 26 heavy (non-hydrogen) atoms. The van der Waals surface area contributed by atoms with Gasteiger partial charge in [0.25, 0.3) is 0 Å². The summed E-state index contributed by atoms with van der Waals surface area (Å²) in [6.07, 6.45) is 2.45. The summed E-state index contributed by atoms with van der Waals surface area (Å²) >= 11 is 0. The Morgan fingerprint density at radius 3 is 1.85 bits per heavy atom. The van der Waals surface area contributed by atoms with E-state index in [1.807, 2.05) is 42.5 Å². The fourth-order valence-electron chi connectivity index (χ4n) is 2.93. The lowest BCUT2D eigenvalue weighted by atomic mass is 9.90. The predicted octanol–water partition coefficient (Wildman–Crippen LogP) is 3.89. The van der Waals surface area contributed by atoms with E-state index < -0.39 is 5.41 Å². The van der Waals surface area contributed by atoms with E-state index >= 15 is 0 Å². The van der Waals surface area contributed by atoms with Crippen molar-refractivity contribution in [1.82, 2.24) is 0 Å². The maximum absolute atomic E-state index is 12.6. The maximum atomic E-state index is 12.6. The molecular formula is C21H25N3O2. The summed E-state index contributed by atoms with van der Waals surface area (Å²) in [7, 11) is 0. The van der Waals surface area contributed by atoms with Crippen LogP contribution in [-0.2, 0) is 9.59 Å². The van der Waals surface area contributed by atoms with Crippen LogP contribution in [0.4, 0.5) is 17.1 Å². The van der Waals surface area contributed by atoms with E-state index in [2.05, 4.69) is 15.5 Å². The Hall–Kier alpha value is -2.82. The summed E-state index contributed by atoms with van der Waals surface area (Å²) in [6, 6.07) is 16.9. The zero-order valence-corrected chi connectivity index (χ0v) is 15.3. The summed E-state index contributed by atoms with van der Waals surface area (Å²) in [6.45, 7) is 5.41. The molecule has 0 unspecified atom stereocenters. The highest BCUT2D eigenvalue weighted by molar-refractivity contribution is 6.14. The molecule has 2 N–H and O–H groups in total. The van der Waals surface area contributed by atoms with E-state index in [4.69, 9.17) is 0 Å². The standard InChI is InChI=1S/C21H25N3O2/c1-21(2,19(25)22-16-8-4-3-5-9-16)20(26)23-17-10-12-18(13-11-17)24-14-6-7-15-24/h3-5,8-13H,6-7,14-15H2,1-2H3,(H,22,25)(H,23,26). The van der Waals surface area contributed by atoms with Gasteiger partial charge >= 0.3 is 0 Å². The van der Waals surface area contributed by atoms with Gasteiger partial charge in [-0.15, -0.1) is 0 Å². The molecule has 3 rings (SSSR count). The molecule has 0 atom stereocenters. The van der Waals surface area contributed by atoms with Crippen molar-refractivity contribution in [2.75, 3.05) is 28.6 Å². The quantitative estimate of drug-likeness (QED) is 0.804. The molecule has 0 saturated carbocycles. The molecule has 5 nitrogen and oxygen atoms in total. The molecule has 2 aromatic carbocycles. The molecule has 5 heteroatoms. The smallest absolute Gasteiger partial charge is 0.239 e. The largest absolute Gasteiger partial charge is 0.372 e. The Bertz CT molecular complexity index is 764. The maximum Gasteiger partial charge on any atom is 0.239 e. The molecule has 136 valence electrons. The Kier molecular flexibility index (Phi) is 5.26. The Labute approximate surface area is 154 Å². The van der Waals surface area contributed by atoms with Gasteiger partial charge < -0.3 is 15.5 Å². The molecule has 1 aliphatic heterocycles. The fraction of sp³-hybridized carbons (Fsp3) is 0.333. The lowest BCUT2D eigenvalue weighted by Gasteiger charge is -2.23. The summed E-state index contributed by atoms with van der Waals surface area (Å²) in [5, 5.41) is 5.64. The fourth-order valence-corrected chi connectivity index (χ4v) is 2.93.